The van der Waals surface area contributed by atoms with Crippen LogP contribution in [-0.2, 0) is 0 Å². The van der Waals surface area contributed by atoms with Crippen LogP contribution in [0.15, 0.2) is 64.4 Å². The molecule has 4 rings (SSSR count). The average Bonchev–Trinajstić information content (AvgIpc) is 3.22. The predicted molar refractivity (Wildman–Crippen MR) is 97.5 cm³/mol. The van der Waals surface area contributed by atoms with E-state index in [1.165, 1.54) is 5.56 Å². The topological polar surface area (TPSA) is 63.3 Å². The molecule has 0 bridgehead atoms. The summed E-state index contributed by atoms with van der Waals surface area (Å²) in [5, 5.41) is 5.16. The second-order valence-electron chi connectivity index (χ2n) is 5.24. The SMILES string of the molecule is Cc1ccc(/C=N/Nc2ncnc3sc(-c4ccccc4)cc23)o1. The van der Waals surface area contributed by atoms with Gasteiger partial charge < -0.3 is 4.42 Å². The van der Waals surface area contributed by atoms with Gasteiger partial charge in [-0.2, -0.15) is 5.10 Å². The molecule has 3 aromatic heterocycles. The number of aromatic nitrogens is 2. The third kappa shape index (κ3) is 2.91. The molecule has 4 aromatic rings. The van der Waals surface area contributed by atoms with Crippen molar-refractivity contribution in [2.45, 2.75) is 6.92 Å². The van der Waals surface area contributed by atoms with Gasteiger partial charge in [0.05, 0.1) is 11.6 Å². The second kappa shape index (κ2) is 6.25. The first kappa shape index (κ1) is 14.6. The molecule has 0 saturated carbocycles. The Morgan fingerprint density at radius 1 is 1.12 bits per heavy atom. The van der Waals surface area contributed by atoms with Gasteiger partial charge in [-0.25, -0.2) is 9.97 Å². The minimum absolute atomic E-state index is 0.679. The van der Waals surface area contributed by atoms with E-state index in [4.69, 9.17) is 4.42 Å². The van der Waals surface area contributed by atoms with Crippen LogP contribution in [0.5, 0.6) is 0 Å². The molecule has 0 saturated heterocycles. The van der Waals surface area contributed by atoms with Crippen LogP contribution in [0.1, 0.15) is 11.5 Å². The van der Waals surface area contributed by atoms with E-state index in [1.54, 1.807) is 23.9 Å². The molecule has 118 valence electrons. The zero-order valence-electron chi connectivity index (χ0n) is 12.9. The van der Waals surface area contributed by atoms with Gasteiger partial charge in [-0.15, -0.1) is 11.3 Å². The molecule has 0 radical (unpaired) electrons. The Kier molecular flexibility index (Phi) is 3.80. The van der Waals surface area contributed by atoms with Crippen molar-refractivity contribution in [2.75, 3.05) is 5.43 Å². The van der Waals surface area contributed by atoms with Crippen molar-refractivity contribution in [1.82, 2.24) is 9.97 Å². The number of fused-ring (bicyclic) bond motifs is 1. The van der Waals surface area contributed by atoms with Crippen LogP contribution in [-0.4, -0.2) is 16.2 Å². The van der Waals surface area contributed by atoms with E-state index in [1.807, 2.05) is 37.3 Å². The van der Waals surface area contributed by atoms with Crippen molar-refractivity contribution in [1.29, 1.82) is 0 Å². The number of benzene rings is 1. The third-order valence-corrected chi connectivity index (χ3v) is 4.60. The third-order valence-electron chi connectivity index (χ3n) is 3.51. The van der Waals surface area contributed by atoms with Crippen LogP contribution in [0.4, 0.5) is 5.82 Å². The first-order valence-electron chi connectivity index (χ1n) is 7.45. The highest BCUT2D eigenvalue weighted by molar-refractivity contribution is 7.21. The van der Waals surface area contributed by atoms with E-state index >= 15 is 0 Å². The van der Waals surface area contributed by atoms with Crippen LogP contribution in [0.3, 0.4) is 0 Å². The Hall–Kier alpha value is -2.99. The van der Waals surface area contributed by atoms with Crippen LogP contribution < -0.4 is 5.43 Å². The van der Waals surface area contributed by atoms with Crippen molar-refractivity contribution in [2.24, 2.45) is 5.10 Å². The van der Waals surface area contributed by atoms with Crippen molar-refractivity contribution >= 4 is 33.6 Å². The largest absolute Gasteiger partial charge is 0.460 e. The highest BCUT2D eigenvalue weighted by Crippen LogP contribution is 2.34. The minimum Gasteiger partial charge on any atom is -0.460 e. The number of hydrogen-bond acceptors (Lipinski definition) is 6. The van der Waals surface area contributed by atoms with Crippen molar-refractivity contribution < 1.29 is 4.42 Å². The molecule has 0 aliphatic heterocycles. The van der Waals surface area contributed by atoms with E-state index < -0.39 is 0 Å². The van der Waals surface area contributed by atoms with E-state index in [-0.39, 0.29) is 0 Å². The fourth-order valence-electron chi connectivity index (χ4n) is 2.37. The first-order chi connectivity index (χ1) is 11.8. The van der Waals surface area contributed by atoms with Crippen LogP contribution in [0.2, 0.25) is 0 Å². The van der Waals surface area contributed by atoms with E-state index in [9.17, 15) is 0 Å². The molecule has 0 atom stereocenters. The van der Waals surface area contributed by atoms with Gasteiger partial charge in [0.1, 0.15) is 22.7 Å². The molecule has 24 heavy (non-hydrogen) atoms. The zero-order chi connectivity index (χ0) is 16.4. The lowest BCUT2D eigenvalue weighted by molar-refractivity contribution is 0.528. The summed E-state index contributed by atoms with van der Waals surface area (Å²) in [4.78, 5) is 10.7. The Balaban J connectivity index is 1.63. The Labute approximate surface area is 142 Å². The zero-order valence-corrected chi connectivity index (χ0v) is 13.7. The van der Waals surface area contributed by atoms with Gasteiger partial charge in [0.15, 0.2) is 5.82 Å². The molecular weight excluding hydrogens is 320 g/mol. The summed E-state index contributed by atoms with van der Waals surface area (Å²) in [6, 6.07) is 16.1. The van der Waals surface area contributed by atoms with E-state index in [0.717, 1.165) is 20.9 Å². The summed E-state index contributed by atoms with van der Waals surface area (Å²) in [6.07, 6.45) is 3.17. The van der Waals surface area contributed by atoms with Crippen LogP contribution in [0.25, 0.3) is 20.7 Å². The standard InChI is InChI=1S/C18H14N4OS/c1-12-7-8-14(23-12)10-21-22-17-15-9-16(13-5-3-2-4-6-13)24-18(15)20-11-19-17/h2-11H,1H3,(H,19,20,22)/b21-10+. The Bertz CT molecular complexity index is 1000. The molecule has 1 aromatic carbocycles. The molecule has 5 nitrogen and oxygen atoms in total. The van der Waals surface area contributed by atoms with Gasteiger partial charge in [0.25, 0.3) is 0 Å². The maximum atomic E-state index is 5.45. The molecule has 0 unspecified atom stereocenters. The number of aryl methyl sites for hydroxylation is 1. The molecule has 0 fully saturated rings. The fraction of sp³-hybridized carbons (Fsp3) is 0.0556. The molecular formula is C18H14N4OS. The minimum atomic E-state index is 0.679. The molecule has 0 aliphatic carbocycles. The summed E-state index contributed by atoms with van der Waals surface area (Å²) in [5.74, 6) is 2.23. The van der Waals surface area contributed by atoms with E-state index in [0.29, 0.717) is 11.6 Å². The number of rotatable bonds is 4. The van der Waals surface area contributed by atoms with Gasteiger partial charge in [-0.05, 0) is 30.7 Å². The monoisotopic (exact) mass is 334 g/mol. The number of thiophene rings is 1. The summed E-state index contributed by atoms with van der Waals surface area (Å²) >= 11 is 1.64. The second-order valence-corrected chi connectivity index (χ2v) is 6.27. The number of furan rings is 1. The van der Waals surface area contributed by atoms with Crippen LogP contribution in [0, 0.1) is 6.92 Å². The number of anilines is 1. The predicted octanol–water partition coefficient (Wildman–Crippen LogP) is 4.71. The van der Waals surface area contributed by atoms with Crippen molar-refractivity contribution in [3.05, 3.63) is 66.4 Å². The molecule has 0 aliphatic rings. The lowest BCUT2D eigenvalue weighted by atomic mass is 10.2. The molecule has 1 N–H and O–H groups in total. The highest BCUT2D eigenvalue weighted by Gasteiger charge is 2.09. The smallest absolute Gasteiger partial charge is 0.158 e. The number of hydrazone groups is 1. The number of hydrogen-bond donors (Lipinski definition) is 1. The summed E-state index contributed by atoms with van der Waals surface area (Å²) < 4.78 is 5.45. The molecule has 6 heteroatoms. The first-order valence-corrected chi connectivity index (χ1v) is 8.27. The highest BCUT2D eigenvalue weighted by atomic mass is 32.1. The summed E-state index contributed by atoms with van der Waals surface area (Å²) in [5.41, 5.74) is 4.14. The lowest BCUT2D eigenvalue weighted by Gasteiger charge is -1.99. The van der Waals surface area contributed by atoms with Gasteiger partial charge in [-0.3, -0.25) is 5.43 Å². The molecule has 0 amide bonds. The van der Waals surface area contributed by atoms with E-state index in [2.05, 4.69) is 38.7 Å². The van der Waals surface area contributed by atoms with Gasteiger partial charge in [0.2, 0.25) is 0 Å². The van der Waals surface area contributed by atoms with Gasteiger partial charge in [0, 0.05) is 4.88 Å². The number of nitrogens with zero attached hydrogens (tertiary/aromatic N) is 3. The van der Waals surface area contributed by atoms with Gasteiger partial charge >= 0.3 is 0 Å². The van der Waals surface area contributed by atoms with Gasteiger partial charge in [-0.1, -0.05) is 30.3 Å². The van der Waals surface area contributed by atoms with Crippen LogP contribution >= 0.6 is 11.3 Å². The normalized spacial score (nSPS) is 11.4. The summed E-state index contributed by atoms with van der Waals surface area (Å²) in [7, 11) is 0. The average molecular weight is 334 g/mol. The molecule has 3 heterocycles. The maximum Gasteiger partial charge on any atom is 0.158 e. The number of nitrogens with one attached hydrogen (secondary N) is 1. The fourth-order valence-corrected chi connectivity index (χ4v) is 3.37. The Morgan fingerprint density at radius 3 is 2.79 bits per heavy atom. The van der Waals surface area contributed by atoms with Crippen molar-refractivity contribution in [3.8, 4) is 10.4 Å². The Morgan fingerprint density at radius 2 is 2.00 bits per heavy atom. The van der Waals surface area contributed by atoms with Crippen molar-refractivity contribution in [3.63, 3.8) is 0 Å². The molecule has 0 spiro atoms. The quantitative estimate of drug-likeness (QED) is 0.434. The maximum absolute atomic E-state index is 5.45. The summed E-state index contributed by atoms with van der Waals surface area (Å²) in [6.45, 7) is 1.90. The lowest BCUT2D eigenvalue weighted by Crippen LogP contribution is -1.94.